The first-order valence-corrected chi connectivity index (χ1v) is 7.01. The predicted octanol–water partition coefficient (Wildman–Crippen LogP) is 4.11. The van der Waals surface area contributed by atoms with Gasteiger partial charge < -0.3 is 9.47 Å². The fraction of sp³-hybridized carbons (Fsp3) is 0.471. The lowest BCUT2D eigenvalue weighted by molar-refractivity contribution is -0.165. The maximum absolute atomic E-state index is 13.5. The SMILES string of the molecule is C=C(C)c1ccc(F)cc1OC1(C(=O)OC(C)(C)C)CC1. The van der Waals surface area contributed by atoms with Gasteiger partial charge in [-0.05, 0) is 45.4 Å². The van der Waals surface area contributed by atoms with Gasteiger partial charge in [0.25, 0.3) is 0 Å². The minimum Gasteiger partial charge on any atom is -0.475 e. The summed E-state index contributed by atoms with van der Waals surface area (Å²) in [5.74, 6) is -0.465. The van der Waals surface area contributed by atoms with E-state index in [0.717, 1.165) is 5.57 Å². The quantitative estimate of drug-likeness (QED) is 0.783. The van der Waals surface area contributed by atoms with Gasteiger partial charge in [-0.25, -0.2) is 9.18 Å². The van der Waals surface area contributed by atoms with Crippen molar-refractivity contribution in [2.24, 2.45) is 0 Å². The molecule has 0 N–H and O–H groups in total. The van der Waals surface area contributed by atoms with E-state index in [1.54, 1.807) is 6.07 Å². The van der Waals surface area contributed by atoms with Gasteiger partial charge in [-0.3, -0.25) is 0 Å². The van der Waals surface area contributed by atoms with E-state index in [4.69, 9.17) is 9.47 Å². The third kappa shape index (κ3) is 3.63. The van der Waals surface area contributed by atoms with E-state index in [1.165, 1.54) is 12.1 Å². The van der Waals surface area contributed by atoms with Crippen molar-refractivity contribution in [1.29, 1.82) is 0 Å². The molecular formula is C17H21FO3. The molecule has 4 heteroatoms. The van der Waals surface area contributed by atoms with Crippen molar-refractivity contribution in [2.45, 2.75) is 51.7 Å². The zero-order valence-corrected chi connectivity index (χ0v) is 13.0. The van der Waals surface area contributed by atoms with Gasteiger partial charge in [0.05, 0.1) is 0 Å². The normalized spacial score (nSPS) is 16.2. The maximum atomic E-state index is 13.5. The molecule has 0 aliphatic heterocycles. The van der Waals surface area contributed by atoms with Crippen LogP contribution in [0.25, 0.3) is 5.57 Å². The van der Waals surface area contributed by atoms with Crippen LogP contribution in [0.5, 0.6) is 5.75 Å². The summed E-state index contributed by atoms with van der Waals surface area (Å²) in [7, 11) is 0. The average molecular weight is 292 g/mol. The Morgan fingerprint density at radius 1 is 1.33 bits per heavy atom. The van der Waals surface area contributed by atoms with Crippen LogP contribution in [0.3, 0.4) is 0 Å². The van der Waals surface area contributed by atoms with E-state index < -0.39 is 23.0 Å². The van der Waals surface area contributed by atoms with Gasteiger partial charge in [0.15, 0.2) is 0 Å². The first-order chi connectivity index (χ1) is 9.63. The van der Waals surface area contributed by atoms with Crippen molar-refractivity contribution in [3.05, 3.63) is 36.2 Å². The Kier molecular flexibility index (Phi) is 3.83. The van der Waals surface area contributed by atoms with Gasteiger partial charge in [-0.15, -0.1) is 0 Å². The smallest absolute Gasteiger partial charge is 0.351 e. The molecule has 0 aromatic heterocycles. The molecule has 0 heterocycles. The molecule has 1 fully saturated rings. The number of halogens is 1. The third-order valence-electron chi connectivity index (χ3n) is 3.18. The van der Waals surface area contributed by atoms with Crippen molar-refractivity contribution in [2.75, 3.05) is 0 Å². The number of ether oxygens (including phenoxy) is 2. The molecule has 0 unspecified atom stereocenters. The second-order valence-electron chi connectivity index (χ2n) is 6.52. The van der Waals surface area contributed by atoms with Gasteiger partial charge in [-0.1, -0.05) is 6.58 Å². The molecule has 1 aromatic rings. The summed E-state index contributed by atoms with van der Waals surface area (Å²) in [6.07, 6.45) is 1.15. The number of rotatable bonds is 4. The predicted molar refractivity (Wildman–Crippen MR) is 79.5 cm³/mol. The largest absolute Gasteiger partial charge is 0.475 e. The molecule has 114 valence electrons. The van der Waals surface area contributed by atoms with Crippen LogP contribution in [0.4, 0.5) is 4.39 Å². The molecule has 1 saturated carbocycles. The summed E-state index contributed by atoms with van der Waals surface area (Å²) in [5, 5.41) is 0. The number of carbonyl (C=O) groups excluding carboxylic acids is 1. The monoisotopic (exact) mass is 292 g/mol. The van der Waals surface area contributed by atoms with Crippen molar-refractivity contribution in [1.82, 2.24) is 0 Å². The molecule has 0 bridgehead atoms. The summed E-state index contributed by atoms with van der Waals surface area (Å²) >= 11 is 0. The summed E-state index contributed by atoms with van der Waals surface area (Å²) in [6.45, 7) is 11.1. The summed E-state index contributed by atoms with van der Waals surface area (Å²) in [5.41, 5.74) is -0.100. The van der Waals surface area contributed by atoms with Gasteiger partial charge in [-0.2, -0.15) is 0 Å². The van der Waals surface area contributed by atoms with E-state index >= 15 is 0 Å². The van der Waals surface area contributed by atoms with Crippen LogP contribution in [0, 0.1) is 5.82 Å². The molecule has 0 spiro atoms. The zero-order valence-electron chi connectivity index (χ0n) is 13.0. The molecule has 0 radical (unpaired) electrons. The Morgan fingerprint density at radius 2 is 1.95 bits per heavy atom. The Balaban J connectivity index is 2.24. The molecule has 21 heavy (non-hydrogen) atoms. The van der Waals surface area contributed by atoms with Crippen LogP contribution >= 0.6 is 0 Å². The van der Waals surface area contributed by atoms with Crippen LogP contribution in [0.1, 0.15) is 46.1 Å². The first kappa shape index (κ1) is 15.5. The fourth-order valence-electron chi connectivity index (χ4n) is 1.98. The minimum absolute atomic E-state index is 0.339. The number of carbonyl (C=O) groups is 1. The minimum atomic E-state index is -0.981. The van der Waals surface area contributed by atoms with Gasteiger partial charge in [0.2, 0.25) is 5.60 Å². The highest BCUT2D eigenvalue weighted by Crippen LogP contribution is 2.44. The molecule has 0 amide bonds. The molecule has 3 nitrogen and oxygen atoms in total. The van der Waals surface area contributed by atoms with Crippen molar-refractivity contribution >= 4 is 11.5 Å². The van der Waals surface area contributed by atoms with Gasteiger partial charge in [0.1, 0.15) is 17.2 Å². The molecule has 2 rings (SSSR count). The standard InChI is InChI=1S/C17H21FO3/c1-11(2)13-7-6-12(18)10-14(13)20-17(8-9-17)15(19)21-16(3,4)5/h6-7,10H,1,8-9H2,2-5H3. The van der Waals surface area contributed by atoms with Crippen LogP contribution < -0.4 is 4.74 Å². The molecule has 0 atom stereocenters. The summed E-state index contributed by atoms with van der Waals surface area (Å²) in [4.78, 5) is 12.2. The molecule has 0 saturated heterocycles. The molecule has 1 aliphatic carbocycles. The Morgan fingerprint density at radius 3 is 2.43 bits per heavy atom. The highest BCUT2D eigenvalue weighted by molar-refractivity contribution is 5.84. The maximum Gasteiger partial charge on any atom is 0.351 e. The number of esters is 1. The Labute approximate surface area is 124 Å². The van der Waals surface area contributed by atoms with E-state index in [0.29, 0.717) is 24.2 Å². The average Bonchev–Trinajstić information content (AvgIpc) is 3.07. The van der Waals surface area contributed by atoms with E-state index in [2.05, 4.69) is 6.58 Å². The second kappa shape index (κ2) is 5.17. The Bertz CT molecular complexity index is 580. The molecular weight excluding hydrogens is 271 g/mol. The summed E-state index contributed by atoms with van der Waals surface area (Å²) < 4.78 is 24.7. The topological polar surface area (TPSA) is 35.5 Å². The van der Waals surface area contributed by atoms with E-state index in [1.807, 2.05) is 27.7 Å². The van der Waals surface area contributed by atoms with Crippen LogP contribution in [-0.2, 0) is 9.53 Å². The van der Waals surface area contributed by atoms with Crippen LogP contribution in [0.2, 0.25) is 0 Å². The third-order valence-corrected chi connectivity index (χ3v) is 3.18. The van der Waals surface area contributed by atoms with Gasteiger partial charge in [0, 0.05) is 24.5 Å². The van der Waals surface area contributed by atoms with Gasteiger partial charge >= 0.3 is 5.97 Å². The zero-order chi connectivity index (χ0) is 15.8. The Hall–Kier alpha value is -1.84. The fourth-order valence-corrected chi connectivity index (χ4v) is 1.98. The van der Waals surface area contributed by atoms with Crippen molar-refractivity contribution in [3.8, 4) is 5.75 Å². The van der Waals surface area contributed by atoms with Crippen molar-refractivity contribution in [3.63, 3.8) is 0 Å². The molecule has 1 aliphatic rings. The number of hydrogen-bond donors (Lipinski definition) is 0. The highest BCUT2D eigenvalue weighted by Gasteiger charge is 2.55. The second-order valence-corrected chi connectivity index (χ2v) is 6.52. The van der Waals surface area contributed by atoms with E-state index in [9.17, 15) is 9.18 Å². The lowest BCUT2D eigenvalue weighted by Gasteiger charge is -2.25. The lowest BCUT2D eigenvalue weighted by Crippen LogP contribution is -2.37. The lowest BCUT2D eigenvalue weighted by atomic mass is 10.1. The number of benzene rings is 1. The number of hydrogen-bond acceptors (Lipinski definition) is 3. The van der Waals surface area contributed by atoms with Crippen molar-refractivity contribution < 1.29 is 18.7 Å². The number of allylic oxidation sites excluding steroid dienone is 1. The van der Waals surface area contributed by atoms with Crippen LogP contribution in [0.15, 0.2) is 24.8 Å². The van der Waals surface area contributed by atoms with E-state index in [-0.39, 0.29) is 0 Å². The molecule has 1 aromatic carbocycles. The first-order valence-electron chi connectivity index (χ1n) is 7.01. The van der Waals surface area contributed by atoms with Crippen LogP contribution in [-0.4, -0.2) is 17.2 Å². The highest BCUT2D eigenvalue weighted by atomic mass is 19.1. The summed E-state index contributed by atoms with van der Waals surface area (Å²) in [6, 6.07) is 4.25.